The predicted octanol–water partition coefficient (Wildman–Crippen LogP) is 2.47. The lowest BCUT2D eigenvalue weighted by Crippen LogP contribution is -2.33. The third-order valence-corrected chi connectivity index (χ3v) is 4.05. The molecule has 0 aromatic heterocycles. The molecular formula is C15H24N2O. The zero-order valence-corrected chi connectivity index (χ0v) is 11.4. The number of rotatable bonds is 4. The van der Waals surface area contributed by atoms with Gasteiger partial charge in [0.25, 0.3) is 0 Å². The quantitative estimate of drug-likeness (QED) is 0.860. The highest BCUT2D eigenvalue weighted by Crippen LogP contribution is 2.34. The topological polar surface area (TPSA) is 47.3 Å². The first-order chi connectivity index (χ1) is 8.74. The molecule has 3 N–H and O–H groups in total. The summed E-state index contributed by atoms with van der Waals surface area (Å²) in [6.45, 7) is 0. The first kappa shape index (κ1) is 13.4. The third-order valence-electron chi connectivity index (χ3n) is 4.05. The van der Waals surface area contributed by atoms with Crippen LogP contribution in [0.4, 0.5) is 0 Å². The van der Waals surface area contributed by atoms with Crippen LogP contribution in [0, 0.1) is 5.92 Å². The molecular weight excluding hydrogens is 224 g/mol. The molecule has 3 nitrogen and oxygen atoms in total. The average Bonchev–Trinajstić information content (AvgIpc) is 2.42. The van der Waals surface area contributed by atoms with Crippen molar-refractivity contribution in [3.05, 3.63) is 29.8 Å². The van der Waals surface area contributed by atoms with Gasteiger partial charge in [0.1, 0.15) is 5.75 Å². The van der Waals surface area contributed by atoms with E-state index in [0.717, 1.165) is 18.6 Å². The molecule has 1 unspecified atom stereocenters. The van der Waals surface area contributed by atoms with E-state index in [0.29, 0.717) is 18.0 Å². The van der Waals surface area contributed by atoms with Crippen LogP contribution in [0.1, 0.15) is 37.3 Å². The standard InChI is InChI=1S/C15H24N2O/c1-17-15(11-6-8-13(16)9-7-11)12-4-3-5-14(10-12)18-2/h3-5,10-11,13,15,17H,6-9,16H2,1-2H3. The molecule has 2 rings (SSSR count). The zero-order chi connectivity index (χ0) is 13.0. The lowest BCUT2D eigenvalue weighted by Gasteiger charge is -2.33. The van der Waals surface area contributed by atoms with E-state index < -0.39 is 0 Å². The molecule has 1 fully saturated rings. The van der Waals surface area contributed by atoms with Crippen molar-refractivity contribution in [2.24, 2.45) is 11.7 Å². The molecule has 0 amide bonds. The van der Waals surface area contributed by atoms with Crippen molar-refractivity contribution >= 4 is 0 Å². The van der Waals surface area contributed by atoms with Crippen LogP contribution < -0.4 is 15.8 Å². The van der Waals surface area contributed by atoms with E-state index in [1.54, 1.807) is 7.11 Å². The van der Waals surface area contributed by atoms with E-state index >= 15 is 0 Å². The molecule has 100 valence electrons. The SMILES string of the molecule is CNC(c1cccc(OC)c1)C1CCC(N)CC1. The van der Waals surface area contributed by atoms with Crippen LogP contribution in [0.15, 0.2) is 24.3 Å². The lowest BCUT2D eigenvalue weighted by molar-refractivity contribution is 0.262. The van der Waals surface area contributed by atoms with Crippen molar-refractivity contribution < 1.29 is 4.74 Å². The van der Waals surface area contributed by atoms with Crippen molar-refractivity contribution in [2.45, 2.75) is 37.8 Å². The van der Waals surface area contributed by atoms with Gasteiger partial charge < -0.3 is 15.8 Å². The summed E-state index contributed by atoms with van der Waals surface area (Å²) in [5, 5.41) is 3.46. The second-order valence-corrected chi connectivity index (χ2v) is 5.22. The Bertz CT molecular complexity index is 373. The highest BCUT2D eigenvalue weighted by atomic mass is 16.5. The molecule has 0 aliphatic heterocycles. The minimum Gasteiger partial charge on any atom is -0.497 e. The number of methoxy groups -OCH3 is 1. The van der Waals surface area contributed by atoms with E-state index in [1.807, 2.05) is 13.1 Å². The molecule has 1 aromatic carbocycles. The van der Waals surface area contributed by atoms with Crippen LogP contribution >= 0.6 is 0 Å². The summed E-state index contributed by atoms with van der Waals surface area (Å²) in [6.07, 6.45) is 4.72. The van der Waals surface area contributed by atoms with E-state index in [2.05, 4.69) is 23.5 Å². The predicted molar refractivity (Wildman–Crippen MR) is 74.7 cm³/mol. The lowest BCUT2D eigenvalue weighted by atomic mass is 9.79. The molecule has 0 bridgehead atoms. The Hall–Kier alpha value is -1.06. The molecule has 18 heavy (non-hydrogen) atoms. The number of hydrogen-bond donors (Lipinski definition) is 2. The summed E-state index contributed by atoms with van der Waals surface area (Å²) in [5.41, 5.74) is 7.30. The number of nitrogens with two attached hydrogens (primary N) is 1. The molecule has 3 heteroatoms. The fourth-order valence-corrected chi connectivity index (χ4v) is 2.99. The van der Waals surface area contributed by atoms with E-state index in [-0.39, 0.29) is 0 Å². The smallest absolute Gasteiger partial charge is 0.119 e. The van der Waals surface area contributed by atoms with Gasteiger partial charge in [-0.1, -0.05) is 12.1 Å². The summed E-state index contributed by atoms with van der Waals surface area (Å²) in [7, 11) is 3.76. The van der Waals surface area contributed by atoms with Crippen molar-refractivity contribution in [3.63, 3.8) is 0 Å². The van der Waals surface area contributed by atoms with Gasteiger partial charge >= 0.3 is 0 Å². The van der Waals surface area contributed by atoms with E-state index in [4.69, 9.17) is 10.5 Å². The molecule has 0 saturated heterocycles. The zero-order valence-electron chi connectivity index (χ0n) is 11.4. The van der Waals surface area contributed by atoms with E-state index in [1.165, 1.54) is 18.4 Å². The summed E-state index contributed by atoms with van der Waals surface area (Å²) in [4.78, 5) is 0. The second kappa shape index (κ2) is 6.21. The Balaban J connectivity index is 2.11. The van der Waals surface area contributed by atoms with Crippen molar-refractivity contribution in [1.29, 1.82) is 0 Å². The van der Waals surface area contributed by atoms with Gasteiger partial charge in [-0.25, -0.2) is 0 Å². The molecule has 1 saturated carbocycles. The van der Waals surface area contributed by atoms with Crippen LogP contribution in [0.5, 0.6) is 5.75 Å². The third kappa shape index (κ3) is 3.03. The molecule has 1 atom stereocenters. The number of ether oxygens (including phenoxy) is 1. The van der Waals surface area contributed by atoms with Crippen molar-refractivity contribution in [1.82, 2.24) is 5.32 Å². The Morgan fingerprint density at radius 3 is 2.61 bits per heavy atom. The molecule has 1 aliphatic carbocycles. The van der Waals surface area contributed by atoms with Crippen LogP contribution in [0.2, 0.25) is 0 Å². The largest absolute Gasteiger partial charge is 0.497 e. The number of nitrogens with one attached hydrogen (secondary N) is 1. The van der Waals surface area contributed by atoms with Gasteiger partial charge in [-0.2, -0.15) is 0 Å². The summed E-state index contributed by atoms with van der Waals surface area (Å²) in [5.74, 6) is 1.61. The Kier molecular flexibility index (Phi) is 4.61. The fourth-order valence-electron chi connectivity index (χ4n) is 2.99. The van der Waals surface area contributed by atoms with E-state index in [9.17, 15) is 0 Å². The Morgan fingerprint density at radius 1 is 1.28 bits per heavy atom. The van der Waals surface area contributed by atoms with Crippen LogP contribution in [-0.4, -0.2) is 20.2 Å². The van der Waals surface area contributed by atoms with Gasteiger partial charge in [0.15, 0.2) is 0 Å². The van der Waals surface area contributed by atoms with Gasteiger partial charge in [-0.15, -0.1) is 0 Å². The highest BCUT2D eigenvalue weighted by Gasteiger charge is 2.26. The number of hydrogen-bond acceptors (Lipinski definition) is 3. The summed E-state index contributed by atoms with van der Waals surface area (Å²) in [6, 6.07) is 9.19. The van der Waals surface area contributed by atoms with Gasteiger partial charge in [0.2, 0.25) is 0 Å². The van der Waals surface area contributed by atoms with Crippen molar-refractivity contribution in [2.75, 3.05) is 14.2 Å². The van der Waals surface area contributed by atoms with Gasteiger partial charge in [-0.05, 0) is 56.3 Å². The van der Waals surface area contributed by atoms with Crippen LogP contribution in [-0.2, 0) is 0 Å². The number of benzene rings is 1. The van der Waals surface area contributed by atoms with Gasteiger partial charge in [-0.3, -0.25) is 0 Å². The first-order valence-electron chi connectivity index (χ1n) is 6.81. The maximum atomic E-state index is 5.98. The summed E-state index contributed by atoms with van der Waals surface area (Å²) >= 11 is 0. The molecule has 0 spiro atoms. The van der Waals surface area contributed by atoms with Gasteiger partial charge in [0, 0.05) is 12.1 Å². The Labute approximate surface area is 110 Å². The normalized spacial score (nSPS) is 25.7. The fraction of sp³-hybridized carbons (Fsp3) is 0.600. The highest BCUT2D eigenvalue weighted by molar-refractivity contribution is 5.31. The Morgan fingerprint density at radius 2 is 2.00 bits per heavy atom. The monoisotopic (exact) mass is 248 g/mol. The minimum absolute atomic E-state index is 0.407. The molecule has 0 radical (unpaired) electrons. The molecule has 0 heterocycles. The summed E-state index contributed by atoms with van der Waals surface area (Å²) < 4.78 is 5.31. The van der Waals surface area contributed by atoms with Crippen LogP contribution in [0.3, 0.4) is 0 Å². The average molecular weight is 248 g/mol. The maximum absolute atomic E-state index is 5.98. The minimum atomic E-state index is 0.407. The first-order valence-corrected chi connectivity index (χ1v) is 6.81. The van der Waals surface area contributed by atoms with Crippen LogP contribution in [0.25, 0.3) is 0 Å². The van der Waals surface area contributed by atoms with Crippen molar-refractivity contribution in [3.8, 4) is 5.75 Å². The molecule has 1 aromatic rings. The maximum Gasteiger partial charge on any atom is 0.119 e. The molecule has 1 aliphatic rings. The second-order valence-electron chi connectivity index (χ2n) is 5.22. The van der Waals surface area contributed by atoms with Gasteiger partial charge in [0.05, 0.1) is 7.11 Å².